The van der Waals surface area contributed by atoms with Gasteiger partial charge in [-0.2, -0.15) is 0 Å². The van der Waals surface area contributed by atoms with Crippen molar-refractivity contribution < 1.29 is 4.79 Å². The van der Waals surface area contributed by atoms with E-state index in [4.69, 9.17) is 0 Å². The zero-order chi connectivity index (χ0) is 10.1. The summed E-state index contributed by atoms with van der Waals surface area (Å²) in [5.41, 5.74) is 0. The van der Waals surface area contributed by atoms with Crippen LogP contribution in [-0.4, -0.2) is 18.9 Å². The van der Waals surface area contributed by atoms with Crippen molar-refractivity contribution in [2.75, 3.05) is 13.1 Å². The number of hydrogen-bond acceptors (Lipinski definition) is 2. The van der Waals surface area contributed by atoms with Crippen LogP contribution in [0.3, 0.4) is 0 Å². The first-order valence-electron chi connectivity index (χ1n) is 6.12. The second kappa shape index (κ2) is 7.98. The van der Waals surface area contributed by atoms with Crippen LogP contribution in [0.5, 0.6) is 0 Å². The van der Waals surface area contributed by atoms with E-state index >= 15 is 0 Å². The molecular weight excluding hydrogens is 174 g/mol. The summed E-state index contributed by atoms with van der Waals surface area (Å²) in [4.78, 5) is 11.4. The molecule has 1 aliphatic heterocycles. The molecule has 0 spiro atoms. The van der Waals surface area contributed by atoms with Gasteiger partial charge in [0, 0.05) is 12.8 Å². The van der Waals surface area contributed by atoms with Crippen LogP contribution in [0.4, 0.5) is 0 Å². The quantitative estimate of drug-likeness (QED) is 0.647. The molecule has 0 aliphatic carbocycles. The molecule has 14 heavy (non-hydrogen) atoms. The van der Waals surface area contributed by atoms with Gasteiger partial charge < -0.3 is 5.32 Å². The van der Waals surface area contributed by atoms with E-state index in [-0.39, 0.29) is 0 Å². The van der Waals surface area contributed by atoms with Gasteiger partial charge in [0.25, 0.3) is 0 Å². The van der Waals surface area contributed by atoms with Crippen molar-refractivity contribution in [3.05, 3.63) is 0 Å². The summed E-state index contributed by atoms with van der Waals surface area (Å²) in [7, 11) is 0. The molecule has 2 nitrogen and oxygen atoms in total. The lowest BCUT2D eigenvalue weighted by atomic mass is 10.1. The monoisotopic (exact) mass is 197 g/mol. The van der Waals surface area contributed by atoms with Gasteiger partial charge in [-0.15, -0.1) is 0 Å². The molecule has 0 atom stereocenters. The van der Waals surface area contributed by atoms with Gasteiger partial charge in [-0.3, -0.25) is 4.79 Å². The molecule has 0 radical (unpaired) electrons. The van der Waals surface area contributed by atoms with Crippen molar-refractivity contribution in [2.45, 2.75) is 57.8 Å². The molecule has 0 amide bonds. The number of Topliss-reactive ketones (excluding diaryl/α,β-unsaturated/α-hetero) is 1. The summed E-state index contributed by atoms with van der Waals surface area (Å²) in [5, 5.41) is 3.39. The maximum absolute atomic E-state index is 11.4. The topological polar surface area (TPSA) is 29.1 Å². The van der Waals surface area contributed by atoms with Crippen molar-refractivity contribution in [3.8, 4) is 0 Å². The highest BCUT2D eigenvalue weighted by Crippen LogP contribution is 2.09. The van der Waals surface area contributed by atoms with Crippen LogP contribution >= 0.6 is 0 Å². The highest BCUT2D eigenvalue weighted by atomic mass is 16.1. The van der Waals surface area contributed by atoms with Crippen molar-refractivity contribution in [2.24, 2.45) is 0 Å². The zero-order valence-corrected chi connectivity index (χ0v) is 9.19. The van der Waals surface area contributed by atoms with E-state index in [1.165, 1.54) is 32.1 Å². The third kappa shape index (κ3) is 6.14. The molecule has 1 heterocycles. The molecule has 0 unspecified atom stereocenters. The zero-order valence-electron chi connectivity index (χ0n) is 9.19. The lowest BCUT2D eigenvalue weighted by Crippen LogP contribution is -2.17. The average Bonchev–Trinajstić information content (AvgIpc) is 2.20. The van der Waals surface area contributed by atoms with E-state index in [2.05, 4.69) is 5.32 Å². The predicted octanol–water partition coefficient (Wildman–Crippen LogP) is 2.67. The van der Waals surface area contributed by atoms with E-state index in [1.54, 1.807) is 0 Å². The fraction of sp³-hybridized carbons (Fsp3) is 0.917. The SMILES string of the molecule is O=C1CCCCCCCCNCCC1. The third-order valence-electron chi connectivity index (χ3n) is 2.87. The van der Waals surface area contributed by atoms with Gasteiger partial charge in [0.15, 0.2) is 0 Å². The fourth-order valence-electron chi connectivity index (χ4n) is 1.94. The molecule has 1 fully saturated rings. The molecule has 2 heteroatoms. The highest BCUT2D eigenvalue weighted by molar-refractivity contribution is 5.78. The maximum Gasteiger partial charge on any atom is 0.132 e. The Bertz CT molecular complexity index is 140. The van der Waals surface area contributed by atoms with Crippen molar-refractivity contribution >= 4 is 5.78 Å². The molecule has 0 aromatic heterocycles. The number of ketones is 1. The first kappa shape index (κ1) is 11.7. The smallest absolute Gasteiger partial charge is 0.132 e. The maximum atomic E-state index is 11.4. The Balaban J connectivity index is 2.15. The van der Waals surface area contributed by atoms with Crippen LogP contribution < -0.4 is 5.32 Å². The molecule has 0 aromatic rings. The lowest BCUT2D eigenvalue weighted by molar-refractivity contribution is -0.119. The normalized spacial score (nSPS) is 23.3. The number of hydrogen-bond donors (Lipinski definition) is 1. The Labute approximate surface area is 87.5 Å². The summed E-state index contributed by atoms with van der Waals surface area (Å²) in [6.45, 7) is 2.15. The van der Waals surface area contributed by atoms with Crippen LogP contribution in [0.15, 0.2) is 0 Å². The summed E-state index contributed by atoms with van der Waals surface area (Å²) in [6, 6.07) is 0. The Kier molecular flexibility index (Phi) is 6.67. The van der Waals surface area contributed by atoms with Gasteiger partial charge in [-0.1, -0.05) is 25.7 Å². The molecule has 0 saturated carbocycles. The van der Waals surface area contributed by atoms with Crippen molar-refractivity contribution in [3.63, 3.8) is 0 Å². The van der Waals surface area contributed by atoms with E-state index in [9.17, 15) is 4.79 Å². The fourth-order valence-corrected chi connectivity index (χ4v) is 1.94. The summed E-state index contributed by atoms with van der Waals surface area (Å²) in [6.07, 6.45) is 10.3. The molecule has 82 valence electrons. The largest absolute Gasteiger partial charge is 0.317 e. The third-order valence-corrected chi connectivity index (χ3v) is 2.87. The van der Waals surface area contributed by atoms with Crippen LogP contribution in [0.25, 0.3) is 0 Å². The van der Waals surface area contributed by atoms with E-state index in [1.807, 2.05) is 0 Å². The van der Waals surface area contributed by atoms with Crippen LogP contribution in [0.2, 0.25) is 0 Å². The van der Waals surface area contributed by atoms with Gasteiger partial charge in [0.2, 0.25) is 0 Å². The predicted molar refractivity (Wildman–Crippen MR) is 59.4 cm³/mol. The Morgan fingerprint density at radius 1 is 0.714 bits per heavy atom. The van der Waals surface area contributed by atoms with E-state index in [0.717, 1.165) is 38.8 Å². The van der Waals surface area contributed by atoms with E-state index < -0.39 is 0 Å². The van der Waals surface area contributed by atoms with Gasteiger partial charge in [0.05, 0.1) is 0 Å². The van der Waals surface area contributed by atoms with Crippen molar-refractivity contribution in [1.29, 1.82) is 0 Å². The first-order chi connectivity index (χ1) is 6.89. The van der Waals surface area contributed by atoms with Gasteiger partial charge in [-0.25, -0.2) is 0 Å². The Hall–Kier alpha value is -0.370. The summed E-state index contributed by atoms with van der Waals surface area (Å²) < 4.78 is 0. The van der Waals surface area contributed by atoms with Crippen LogP contribution in [0.1, 0.15) is 57.8 Å². The molecule has 1 aliphatic rings. The van der Waals surface area contributed by atoms with Gasteiger partial charge >= 0.3 is 0 Å². The molecular formula is C12H23NO. The number of carbonyl (C=O) groups is 1. The minimum Gasteiger partial charge on any atom is -0.317 e. The first-order valence-corrected chi connectivity index (χ1v) is 6.12. The van der Waals surface area contributed by atoms with Gasteiger partial charge in [0.1, 0.15) is 5.78 Å². The Morgan fingerprint density at radius 2 is 1.29 bits per heavy atom. The standard InChI is InChI=1S/C12H23NO/c14-12-8-5-3-1-2-4-6-10-13-11-7-9-12/h13H,1-11H2. The lowest BCUT2D eigenvalue weighted by Gasteiger charge is -2.02. The van der Waals surface area contributed by atoms with Crippen LogP contribution in [-0.2, 0) is 4.79 Å². The second-order valence-electron chi connectivity index (χ2n) is 4.26. The molecule has 1 N–H and O–H groups in total. The molecule has 1 rings (SSSR count). The molecule has 0 aromatic carbocycles. The number of carbonyl (C=O) groups excluding carboxylic acids is 1. The minimum atomic E-state index is 0.464. The molecule has 1 saturated heterocycles. The van der Waals surface area contributed by atoms with Gasteiger partial charge in [-0.05, 0) is 32.4 Å². The summed E-state index contributed by atoms with van der Waals surface area (Å²) >= 11 is 0. The number of nitrogens with one attached hydrogen (secondary N) is 1. The summed E-state index contributed by atoms with van der Waals surface area (Å²) in [5.74, 6) is 0.464. The minimum absolute atomic E-state index is 0.464. The molecule has 0 bridgehead atoms. The van der Waals surface area contributed by atoms with Crippen molar-refractivity contribution in [1.82, 2.24) is 5.32 Å². The Morgan fingerprint density at radius 3 is 2.14 bits per heavy atom. The van der Waals surface area contributed by atoms with Crippen LogP contribution in [0, 0.1) is 0 Å². The van der Waals surface area contributed by atoms with E-state index in [0.29, 0.717) is 5.78 Å². The second-order valence-corrected chi connectivity index (χ2v) is 4.26. The number of rotatable bonds is 0. The highest BCUT2D eigenvalue weighted by Gasteiger charge is 2.02. The average molecular weight is 197 g/mol.